The Balaban J connectivity index is 2.26. The summed E-state index contributed by atoms with van der Waals surface area (Å²) in [5.74, 6) is -2.85. The van der Waals surface area contributed by atoms with E-state index in [1.165, 1.54) is 11.3 Å². The van der Waals surface area contributed by atoms with Crippen LogP contribution in [-0.4, -0.2) is 10.9 Å². The van der Waals surface area contributed by atoms with Crippen molar-refractivity contribution in [3.05, 3.63) is 45.4 Å². The normalized spacial score (nSPS) is 10.4. The summed E-state index contributed by atoms with van der Waals surface area (Å²) in [5.41, 5.74) is -0.136. The van der Waals surface area contributed by atoms with Gasteiger partial charge in [-0.2, -0.15) is 0 Å². The maximum absolute atomic E-state index is 13.0. The molecular formula is C11H7ClF2N2OS. The number of rotatable bonds is 2. The van der Waals surface area contributed by atoms with E-state index in [-0.39, 0.29) is 10.6 Å². The molecule has 0 unspecified atom stereocenters. The van der Waals surface area contributed by atoms with Crippen LogP contribution in [0.5, 0.6) is 0 Å². The Labute approximate surface area is 110 Å². The van der Waals surface area contributed by atoms with Crippen molar-refractivity contribution >= 4 is 34.0 Å². The SMILES string of the molecule is Cc1cnc(NC(=O)c2cc(F)c(F)cc2Cl)s1. The number of aromatic nitrogens is 1. The molecule has 0 atom stereocenters. The van der Waals surface area contributed by atoms with Gasteiger partial charge in [0.1, 0.15) is 0 Å². The maximum Gasteiger partial charge on any atom is 0.259 e. The third kappa shape index (κ3) is 2.65. The van der Waals surface area contributed by atoms with Crippen LogP contribution in [0.4, 0.5) is 13.9 Å². The van der Waals surface area contributed by atoms with Crippen molar-refractivity contribution in [1.29, 1.82) is 0 Å². The molecule has 1 aromatic carbocycles. The van der Waals surface area contributed by atoms with Gasteiger partial charge in [0.15, 0.2) is 16.8 Å². The second-order valence-electron chi connectivity index (χ2n) is 3.48. The van der Waals surface area contributed by atoms with E-state index in [0.717, 1.165) is 17.0 Å². The fourth-order valence-electron chi connectivity index (χ4n) is 1.27. The van der Waals surface area contributed by atoms with Crippen molar-refractivity contribution in [3.8, 4) is 0 Å². The fourth-order valence-corrected chi connectivity index (χ4v) is 2.17. The first-order chi connectivity index (χ1) is 8.47. The molecule has 0 saturated heterocycles. The molecular weight excluding hydrogens is 282 g/mol. The topological polar surface area (TPSA) is 42.0 Å². The number of benzene rings is 1. The lowest BCUT2D eigenvalue weighted by molar-refractivity contribution is 0.102. The van der Waals surface area contributed by atoms with Crippen LogP contribution >= 0.6 is 22.9 Å². The Morgan fingerprint density at radius 2 is 2.06 bits per heavy atom. The minimum Gasteiger partial charge on any atom is -0.298 e. The van der Waals surface area contributed by atoms with Crippen LogP contribution in [0.25, 0.3) is 0 Å². The highest BCUT2D eigenvalue weighted by atomic mass is 35.5. The second-order valence-corrected chi connectivity index (χ2v) is 5.12. The number of nitrogens with zero attached hydrogens (tertiary/aromatic N) is 1. The van der Waals surface area contributed by atoms with Crippen LogP contribution in [0.2, 0.25) is 5.02 Å². The Morgan fingerprint density at radius 1 is 1.39 bits per heavy atom. The van der Waals surface area contributed by atoms with Crippen LogP contribution in [0.3, 0.4) is 0 Å². The largest absolute Gasteiger partial charge is 0.298 e. The molecule has 0 aliphatic rings. The third-order valence-corrected chi connectivity index (χ3v) is 3.24. The molecule has 2 aromatic rings. The van der Waals surface area contributed by atoms with E-state index in [9.17, 15) is 13.6 Å². The Bertz CT molecular complexity index is 615. The zero-order chi connectivity index (χ0) is 13.3. The van der Waals surface area contributed by atoms with Crippen molar-refractivity contribution in [2.75, 3.05) is 5.32 Å². The molecule has 0 aliphatic heterocycles. The van der Waals surface area contributed by atoms with Gasteiger partial charge < -0.3 is 0 Å². The number of anilines is 1. The predicted molar refractivity (Wildman–Crippen MR) is 66.2 cm³/mol. The Hall–Kier alpha value is -1.53. The Morgan fingerprint density at radius 3 is 2.67 bits per heavy atom. The molecule has 2 rings (SSSR count). The maximum atomic E-state index is 13.0. The summed E-state index contributed by atoms with van der Waals surface area (Å²) in [6.45, 7) is 1.83. The zero-order valence-electron chi connectivity index (χ0n) is 9.13. The van der Waals surface area contributed by atoms with Gasteiger partial charge in [-0.25, -0.2) is 13.8 Å². The molecule has 0 spiro atoms. The second kappa shape index (κ2) is 4.99. The van der Waals surface area contributed by atoms with Crippen molar-refractivity contribution in [1.82, 2.24) is 4.98 Å². The van der Waals surface area contributed by atoms with Gasteiger partial charge in [0.25, 0.3) is 5.91 Å². The van der Waals surface area contributed by atoms with E-state index in [1.807, 2.05) is 6.92 Å². The summed E-state index contributed by atoms with van der Waals surface area (Å²) in [6, 6.07) is 1.52. The number of hydrogen-bond acceptors (Lipinski definition) is 3. The lowest BCUT2D eigenvalue weighted by atomic mass is 10.2. The van der Waals surface area contributed by atoms with Crippen LogP contribution in [0, 0.1) is 18.6 Å². The van der Waals surface area contributed by atoms with E-state index in [2.05, 4.69) is 10.3 Å². The molecule has 0 saturated carbocycles. The number of carbonyl (C=O) groups is 1. The van der Waals surface area contributed by atoms with Crippen LogP contribution in [0.15, 0.2) is 18.3 Å². The number of aryl methyl sites for hydroxylation is 1. The summed E-state index contributed by atoms with van der Waals surface area (Å²) in [6.07, 6.45) is 1.59. The summed E-state index contributed by atoms with van der Waals surface area (Å²) in [4.78, 5) is 16.6. The number of carbonyl (C=O) groups excluding carboxylic acids is 1. The number of halogens is 3. The van der Waals surface area contributed by atoms with Gasteiger partial charge in [0, 0.05) is 11.1 Å². The van der Waals surface area contributed by atoms with E-state index in [1.54, 1.807) is 6.20 Å². The standard InChI is InChI=1S/C11H7ClF2N2OS/c1-5-4-15-11(18-5)16-10(17)6-2-8(13)9(14)3-7(6)12/h2-4H,1H3,(H,15,16,17). The molecule has 0 fully saturated rings. The summed E-state index contributed by atoms with van der Waals surface area (Å²) < 4.78 is 25.9. The summed E-state index contributed by atoms with van der Waals surface area (Å²) in [7, 11) is 0. The van der Waals surface area contributed by atoms with Crippen molar-refractivity contribution in [2.24, 2.45) is 0 Å². The molecule has 18 heavy (non-hydrogen) atoms. The zero-order valence-corrected chi connectivity index (χ0v) is 10.7. The monoisotopic (exact) mass is 288 g/mol. The predicted octanol–water partition coefficient (Wildman–Crippen LogP) is 3.64. The average Bonchev–Trinajstić information content (AvgIpc) is 2.69. The lowest BCUT2D eigenvalue weighted by Crippen LogP contribution is -2.13. The van der Waals surface area contributed by atoms with Crippen LogP contribution in [0.1, 0.15) is 15.2 Å². The summed E-state index contributed by atoms with van der Waals surface area (Å²) in [5, 5.41) is 2.68. The number of nitrogens with one attached hydrogen (secondary N) is 1. The first-order valence-electron chi connectivity index (χ1n) is 4.85. The lowest BCUT2D eigenvalue weighted by Gasteiger charge is -2.04. The van der Waals surface area contributed by atoms with E-state index in [4.69, 9.17) is 11.6 Å². The fraction of sp³-hybridized carbons (Fsp3) is 0.0909. The van der Waals surface area contributed by atoms with Crippen LogP contribution < -0.4 is 5.32 Å². The van der Waals surface area contributed by atoms with Gasteiger partial charge in [-0.05, 0) is 19.1 Å². The van der Waals surface area contributed by atoms with Gasteiger partial charge in [0.2, 0.25) is 0 Å². The molecule has 1 aromatic heterocycles. The number of hydrogen-bond donors (Lipinski definition) is 1. The Kier molecular flexibility index (Phi) is 3.58. The van der Waals surface area contributed by atoms with Gasteiger partial charge in [-0.15, -0.1) is 11.3 Å². The molecule has 0 aliphatic carbocycles. The smallest absolute Gasteiger partial charge is 0.259 e. The molecule has 0 bridgehead atoms. The van der Waals surface area contributed by atoms with E-state index in [0.29, 0.717) is 5.13 Å². The number of thiazole rings is 1. The summed E-state index contributed by atoms with van der Waals surface area (Å²) >= 11 is 6.95. The average molecular weight is 289 g/mol. The van der Waals surface area contributed by atoms with Gasteiger partial charge in [0.05, 0.1) is 10.6 Å². The minimum absolute atomic E-state index is 0.136. The van der Waals surface area contributed by atoms with Crippen molar-refractivity contribution in [3.63, 3.8) is 0 Å². The molecule has 1 heterocycles. The van der Waals surface area contributed by atoms with Gasteiger partial charge in [-0.1, -0.05) is 11.6 Å². The third-order valence-electron chi connectivity index (χ3n) is 2.10. The highest BCUT2D eigenvalue weighted by Crippen LogP contribution is 2.22. The molecule has 7 heteroatoms. The molecule has 3 nitrogen and oxygen atoms in total. The molecule has 1 amide bonds. The van der Waals surface area contributed by atoms with Gasteiger partial charge >= 0.3 is 0 Å². The van der Waals surface area contributed by atoms with Gasteiger partial charge in [-0.3, -0.25) is 10.1 Å². The van der Waals surface area contributed by atoms with Crippen molar-refractivity contribution in [2.45, 2.75) is 6.92 Å². The minimum atomic E-state index is -1.13. The molecule has 94 valence electrons. The number of amides is 1. The van der Waals surface area contributed by atoms with Crippen LogP contribution in [-0.2, 0) is 0 Å². The van der Waals surface area contributed by atoms with E-state index < -0.39 is 17.5 Å². The quantitative estimate of drug-likeness (QED) is 0.857. The molecule has 0 radical (unpaired) electrons. The first-order valence-corrected chi connectivity index (χ1v) is 6.05. The molecule has 1 N–H and O–H groups in total. The highest BCUT2D eigenvalue weighted by Gasteiger charge is 2.16. The first kappa shape index (κ1) is 12.9. The van der Waals surface area contributed by atoms with E-state index >= 15 is 0 Å². The van der Waals surface area contributed by atoms with Crippen molar-refractivity contribution < 1.29 is 13.6 Å². The highest BCUT2D eigenvalue weighted by molar-refractivity contribution is 7.15.